The lowest BCUT2D eigenvalue weighted by Crippen LogP contribution is -2.26. The van der Waals surface area contributed by atoms with Gasteiger partial charge in [0.15, 0.2) is 0 Å². The molecule has 0 fully saturated rings. The number of hydrogen-bond donors (Lipinski definition) is 1. The third-order valence-electron chi connectivity index (χ3n) is 3.11. The van der Waals surface area contributed by atoms with Crippen LogP contribution < -0.4 is 10.5 Å². The number of nitrogens with two attached hydrogens (primary N) is 1. The molecule has 0 saturated carbocycles. The van der Waals surface area contributed by atoms with Gasteiger partial charge in [-0.25, -0.2) is 0 Å². The second-order valence-corrected chi connectivity index (χ2v) is 4.88. The predicted molar refractivity (Wildman–Crippen MR) is 81.2 cm³/mol. The van der Waals surface area contributed by atoms with E-state index in [1.54, 1.807) is 30.3 Å². The van der Waals surface area contributed by atoms with Crippen molar-refractivity contribution in [1.29, 1.82) is 0 Å². The molecule has 2 aromatic carbocycles. The Balaban J connectivity index is 1.99. The molecule has 0 heterocycles. The maximum atomic E-state index is 12.1. The van der Waals surface area contributed by atoms with Crippen molar-refractivity contribution in [1.82, 2.24) is 0 Å². The van der Waals surface area contributed by atoms with Gasteiger partial charge in [0.25, 0.3) is 5.91 Å². The van der Waals surface area contributed by atoms with Crippen LogP contribution in [-0.4, -0.2) is 18.5 Å². The van der Waals surface area contributed by atoms with Crippen LogP contribution in [0.15, 0.2) is 54.6 Å². The Morgan fingerprint density at radius 1 is 1.00 bits per heavy atom. The smallest absolute Gasteiger partial charge is 0.387 e. The van der Waals surface area contributed by atoms with E-state index in [0.29, 0.717) is 11.1 Å². The van der Waals surface area contributed by atoms with Crippen LogP contribution in [0.25, 0.3) is 0 Å². The molecule has 2 N–H and O–H groups in total. The van der Waals surface area contributed by atoms with Gasteiger partial charge in [0.05, 0.1) is 6.42 Å². The number of carbonyl (C=O) groups is 2. The van der Waals surface area contributed by atoms with Crippen LogP contribution in [0.2, 0.25) is 0 Å². The third kappa shape index (κ3) is 5.05. The standard InChI is InChI=1S/C17H15F2NO4/c18-17(19)23-13-8-6-11(7-9-13)10-14(21)24-15(16(20)22)12-4-2-1-3-5-12/h1-9,15,17H,10H2,(H2,20,22). The molecule has 0 aliphatic rings. The van der Waals surface area contributed by atoms with Crippen molar-refractivity contribution in [3.63, 3.8) is 0 Å². The van der Waals surface area contributed by atoms with Crippen molar-refractivity contribution in [3.8, 4) is 5.75 Å². The molecule has 126 valence electrons. The maximum absolute atomic E-state index is 12.1. The summed E-state index contributed by atoms with van der Waals surface area (Å²) in [4.78, 5) is 23.5. The molecule has 0 aliphatic heterocycles. The summed E-state index contributed by atoms with van der Waals surface area (Å²) in [5, 5.41) is 0. The highest BCUT2D eigenvalue weighted by Crippen LogP contribution is 2.19. The minimum atomic E-state index is -2.91. The largest absolute Gasteiger partial charge is 0.447 e. The fourth-order valence-electron chi connectivity index (χ4n) is 2.05. The van der Waals surface area contributed by atoms with E-state index in [1.165, 1.54) is 24.3 Å². The number of esters is 1. The molecule has 5 nitrogen and oxygen atoms in total. The van der Waals surface area contributed by atoms with Gasteiger partial charge < -0.3 is 15.2 Å². The van der Waals surface area contributed by atoms with Gasteiger partial charge in [-0.1, -0.05) is 42.5 Å². The first-order chi connectivity index (χ1) is 11.5. The van der Waals surface area contributed by atoms with Gasteiger partial charge in [-0.15, -0.1) is 0 Å². The number of ether oxygens (including phenoxy) is 2. The Kier molecular flexibility index (Phi) is 5.83. The van der Waals surface area contributed by atoms with Crippen molar-refractivity contribution in [2.24, 2.45) is 5.73 Å². The van der Waals surface area contributed by atoms with Gasteiger partial charge in [-0.05, 0) is 17.7 Å². The molecule has 0 bridgehead atoms. The monoisotopic (exact) mass is 335 g/mol. The molecular weight excluding hydrogens is 320 g/mol. The van der Waals surface area contributed by atoms with Crippen molar-refractivity contribution < 1.29 is 27.8 Å². The van der Waals surface area contributed by atoms with E-state index in [1.807, 2.05) is 0 Å². The van der Waals surface area contributed by atoms with Crippen molar-refractivity contribution >= 4 is 11.9 Å². The Morgan fingerprint density at radius 2 is 1.62 bits per heavy atom. The minimum absolute atomic E-state index is 0.0126. The Labute approximate surface area is 137 Å². The van der Waals surface area contributed by atoms with Crippen LogP contribution in [0.4, 0.5) is 8.78 Å². The van der Waals surface area contributed by atoms with E-state index >= 15 is 0 Å². The van der Waals surface area contributed by atoms with E-state index in [4.69, 9.17) is 10.5 Å². The molecule has 0 spiro atoms. The van der Waals surface area contributed by atoms with Crippen LogP contribution in [0.3, 0.4) is 0 Å². The quantitative estimate of drug-likeness (QED) is 0.789. The van der Waals surface area contributed by atoms with Crippen LogP contribution in [-0.2, 0) is 20.7 Å². The summed E-state index contributed by atoms with van der Waals surface area (Å²) in [6.07, 6.45) is -1.31. The summed E-state index contributed by atoms with van der Waals surface area (Å²) in [7, 11) is 0. The summed E-state index contributed by atoms with van der Waals surface area (Å²) in [6, 6.07) is 13.9. The Hall–Kier alpha value is -2.96. The third-order valence-corrected chi connectivity index (χ3v) is 3.11. The highest BCUT2D eigenvalue weighted by molar-refractivity contribution is 5.84. The number of rotatable bonds is 7. The van der Waals surface area contributed by atoms with Gasteiger partial charge in [0, 0.05) is 5.56 Å². The lowest BCUT2D eigenvalue weighted by molar-refractivity contribution is -0.154. The predicted octanol–water partition coefficient (Wildman–Crippen LogP) is 2.60. The van der Waals surface area contributed by atoms with E-state index in [0.717, 1.165) is 0 Å². The number of halogens is 2. The van der Waals surface area contributed by atoms with Gasteiger partial charge in [-0.2, -0.15) is 8.78 Å². The molecule has 0 radical (unpaired) electrons. The van der Waals surface area contributed by atoms with E-state index < -0.39 is 24.6 Å². The SMILES string of the molecule is NC(=O)C(OC(=O)Cc1ccc(OC(F)F)cc1)c1ccccc1. The average Bonchev–Trinajstić information content (AvgIpc) is 2.54. The molecule has 0 aromatic heterocycles. The molecule has 1 atom stereocenters. The summed E-state index contributed by atoms with van der Waals surface area (Å²) in [5.74, 6) is -1.46. The Morgan fingerprint density at radius 3 is 2.17 bits per heavy atom. The molecule has 24 heavy (non-hydrogen) atoms. The highest BCUT2D eigenvalue weighted by Gasteiger charge is 2.22. The van der Waals surface area contributed by atoms with Crippen molar-refractivity contribution in [2.75, 3.05) is 0 Å². The fourth-order valence-corrected chi connectivity index (χ4v) is 2.05. The second kappa shape index (κ2) is 8.05. The molecule has 2 rings (SSSR count). The average molecular weight is 335 g/mol. The number of amides is 1. The summed E-state index contributed by atoms with van der Waals surface area (Å²) in [6.45, 7) is -2.91. The second-order valence-electron chi connectivity index (χ2n) is 4.88. The van der Waals surface area contributed by atoms with Crippen molar-refractivity contribution in [3.05, 3.63) is 65.7 Å². The number of alkyl halides is 2. The molecule has 7 heteroatoms. The van der Waals surface area contributed by atoms with Gasteiger partial charge in [0.2, 0.25) is 6.10 Å². The minimum Gasteiger partial charge on any atom is -0.447 e. The zero-order valence-corrected chi connectivity index (χ0v) is 12.5. The van der Waals surface area contributed by atoms with Crippen LogP contribution in [0.5, 0.6) is 5.75 Å². The van der Waals surface area contributed by atoms with Crippen molar-refractivity contribution in [2.45, 2.75) is 19.1 Å². The summed E-state index contributed by atoms with van der Waals surface area (Å²) >= 11 is 0. The van der Waals surface area contributed by atoms with Crippen LogP contribution in [0.1, 0.15) is 17.2 Å². The number of hydrogen-bond acceptors (Lipinski definition) is 4. The Bertz CT molecular complexity index is 689. The normalized spacial score (nSPS) is 11.8. The van der Waals surface area contributed by atoms with E-state index in [9.17, 15) is 18.4 Å². The van der Waals surface area contributed by atoms with Gasteiger partial charge in [0.1, 0.15) is 5.75 Å². The fraction of sp³-hybridized carbons (Fsp3) is 0.176. The topological polar surface area (TPSA) is 78.6 Å². The first kappa shape index (κ1) is 17.4. The highest BCUT2D eigenvalue weighted by atomic mass is 19.3. The molecule has 1 amide bonds. The lowest BCUT2D eigenvalue weighted by atomic mass is 10.1. The summed E-state index contributed by atoms with van der Waals surface area (Å²) in [5.41, 5.74) is 6.27. The van der Waals surface area contributed by atoms with E-state index in [2.05, 4.69) is 4.74 Å². The van der Waals surface area contributed by atoms with Gasteiger partial charge >= 0.3 is 12.6 Å². The van der Waals surface area contributed by atoms with Gasteiger partial charge in [-0.3, -0.25) is 9.59 Å². The molecular formula is C17H15F2NO4. The zero-order chi connectivity index (χ0) is 17.5. The van der Waals surface area contributed by atoms with Crippen LogP contribution in [0, 0.1) is 0 Å². The molecule has 0 aliphatic carbocycles. The number of carbonyl (C=O) groups excluding carboxylic acids is 2. The molecule has 1 unspecified atom stereocenters. The number of primary amides is 1. The first-order valence-electron chi connectivity index (χ1n) is 7.03. The van der Waals surface area contributed by atoms with Crippen LogP contribution >= 0.6 is 0 Å². The molecule has 2 aromatic rings. The van der Waals surface area contributed by atoms with E-state index in [-0.39, 0.29) is 12.2 Å². The first-order valence-corrected chi connectivity index (χ1v) is 7.03. The summed E-state index contributed by atoms with van der Waals surface area (Å²) < 4.78 is 33.5. The lowest BCUT2D eigenvalue weighted by Gasteiger charge is -2.15. The number of benzene rings is 2. The molecule has 0 saturated heterocycles. The zero-order valence-electron chi connectivity index (χ0n) is 12.5. The maximum Gasteiger partial charge on any atom is 0.387 e.